The Bertz CT molecular complexity index is 792. The first-order chi connectivity index (χ1) is 13.9. The van der Waals surface area contributed by atoms with E-state index < -0.39 is 42.2 Å². The van der Waals surface area contributed by atoms with E-state index in [1.54, 1.807) is 34.6 Å². The van der Waals surface area contributed by atoms with Gasteiger partial charge in [0.1, 0.15) is 23.4 Å². The number of hydrogen-bond acceptors (Lipinski definition) is 6. The predicted molar refractivity (Wildman–Crippen MR) is 110 cm³/mol. The van der Waals surface area contributed by atoms with Gasteiger partial charge in [0.25, 0.3) is 5.91 Å². The summed E-state index contributed by atoms with van der Waals surface area (Å²) < 4.78 is 5.10. The summed E-state index contributed by atoms with van der Waals surface area (Å²) in [6.45, 7) is 7.67. The third kappa shape index (κ3) is 7.29. The lowest BCUT2D eigenvalue weighted by Crippen LogP contribution is -2.53. The predicted octanol–water partition coefficient (Wildman–Crippen LogP) is 1.26. The third-order valence-electron chi connectivity index (χ3n) is 3.69. The maximum absolute atomic E-state index is 13.0. The molecule has 1 aromatic carbocycles. The molecule has 2 unspecified atom stereocenters. The molecule has 0 heterocycles. The number of phenols is 1. The number of amides is 3. The largest absolute Gasteiger partial charge is 0.508 e. The van der Waals surface area contributed by atoms with E-state index in [4.69, 9.17) is 11.2 Å². The van der Waals surface area contributed by atoms with Crippen molar-refractivity contribution in [2.24, 2.45) is 0 Å². The SMILES string of the molecule is C#CN(C(=O)C(CO)NC(=O)OC(C)(C)C)C(C(=O)NC(C)C)c1ccc(O)cc1. The maximum Gasteiger partial charge on any atom is 0.408 e. The number of ether oxygens (including phenoxy) is 1. The minimum absolute atomic E-state index is 0.0276. The van der Waals surface area contributed by atoms with E-state index in [1.165, 1.54) is 24.3 Å². The molecule has 1 aromatic rings. The molecule has 0 saturated heterocycles. The van der Waals surface area contributed by atoms with Crippen molar-refractivity contribution in [1.29, 1.82) is 0 Å². The molecular weight excluding hydrogens is 390 g/mol. The Morgan fingerprint density at radius 2 is 1.73 bits per heavy atom. The Hall–Kier alpha value is -3.25. The monoisotopic (exact) mass is 419 g/mol. The summed E-state index contributed by atoms with van der Waals surface area (Å²) in [4.78, 5) is 38.6. The summed E-state index contributed by atoms with van der Waals surface area (Å²) in [5, 5.41) is 24.1. The van der Waals surface area contributed by atoms with Gasteiger partial charge in [0.05, 0.1) is 6.61 Å². The van der Waals surface area contributed by atoms with Gasteiger partial charge in [0.2, 0.25) is 5.91 Å². The highest BCUT2D eigenvalue weighted by atomic mass is 16.6. The number of benzene rings is 1. The number of nitrogens with zero attached hydrogens (tertiary/aromatic N) is 1. The van der Waals surface area contributed by atoms with Gasteiger partial charge < -0.3 is 25.6 Å². The second kappa shape index (κ2) is 10.5. The lowest BCUT2D eigenvalue weighted by molar-refractivity contribution is -0.139. The molecule has 0 aliphatic heterocycles. The van der Waals surface area contributed by atoms with Gasteiger partial charge in [0.15, 0.2) is 0 Å². The smallest absolute Gasteiger partial charge is 0.408 e. The van der Waals surface area contributed by atoms with E-state index in [2.05, 4.69) is 16.7 Å². The van der Waals surface area contributed by atoms with Crippen molar-refractivity contribution in [2.75, 3.05) is 6.61 Å². The molecule has 0 fully saturated rings. The average Bonchev–Trinajstić information content (AvgIpc) is 2.62. The first-order valence-electron chi connectivity index (χ1n) is 9.38. The Kier molecular flexibility index (Phi) is 8.68. The van der Waals surface area contributed by atoms with Crippen molar-refractivity contribution < 1.29 is 29.3 Å². The van der Waals surface area contributed by atoms with Gasteiger partial charge in [-0.3, -0.25) is 14.5 Å². The lowest BCUT2D eigenvalue weighted by atomic mass is 10.0. The highest BCUT2D eigenvalue weighted by Gasteiger charge is 2.35. The van der Waals surface area contributed by atoms with Gasteiger partial charge in [-0.05, 0) is 52.3 Å². The van der Waals surface area contributed by atoms with Gasteiger partial charge in [0, 0.05) is 12.1 Å². The van der Waals surface area contributed by atoms with E-state index >= 15 is 0 Å². The fourth-order valence-electron chi connectivity index (χ4n) is 2.51. The topological polar surface area (TPSA) is 128 Å². The second-order valence-electron chi connectivity index (χ2n) is 7.88. The van der Waals surface area contributed by atoms with Crippen molar-refractivity contribution in [3.8, 4) is 18.2 Å². The van der Waals surface area contributed by atoms with Crippen LogP contribution in [0.5, 0.6) is 5.75 Å². The van der Waals surface area contributed by atoms with Gasteiger partial charge in [-0.15, -0.1) is 0 Å². The molecule has 0 spiro atoms. The molecule has 1 rings (SSSR count). The van der Waals surface area contributed by atoms with Crippen LogP contribution < -0.4 is 10.6 Å². The van der Waals surface area contributed by atoms with E-state index in [9.17, 15) is 24.6 Å². The maximum atomic E-state index is 13.0. The minimum atomic E-state index is -1.43. The van der Waals surface area contributed by atoms with Gasteiger partial charge in [-0.25, -0.2) is 4.79 Å². The highest BCUT2D eigenvalue weighted by Crippen LogP contribution is 2.24. The summed E-state index contributed by atoms with van der Waals surface area (Å²) in [6.07, 6.45) is 4.62. The zero-order valence-corrected chi connectivity index (χ0v) is 17.8. The van der Waals surface area contributed by atoms with Crippen LogP contribution in [0.2, 0.25) is 0 Å². The summed E-state index contributed by atoms with van der Waals surface area (Å²) in [5.41, 5.74) is -0.476. The van der Waals surface area contributed by atoms with Crippen LogP contribution in [0.25, 0.3) is 0 Å². The molecule has 0 radical (unpaired) electrons. The first kappa shape index (κ1) is 24.8. The van der Waals surface area contributed by atoms with Crippen molar-refractivity contribution in [1.82, 2.24) is 15.5 Å². The molecule has 9 heteroatoms. The number of terminal acetylenes is 1. The number of aliphatic hydroxyl groups is 1. The fourth-order valence-corrected chi connectivity index (χ4v) is 2.51. The standard InChI is InChI=1S/C21H29N3O6/c1-7-24(19(28)16(12-25)23-20(29)30-21(4,5)6)17(18(27)22-13(2)3)14-8-10-15(26)11-9-14/h1,8-11,13,16-17,25-26H,12H2,2-6H3,(H,22,27)(H,23,29). The van der Waals surface area contributed by atoms with E-state index in [0.29, 0.717) is 5.56 Å². The van der Waals surface area contributed by atoms with Crippen LogP contribution in [0.15, 0.2) is 24.3 Å². The zero-order chi connectivity index (χ0) is 23.1. The Labute approximate surface area is 176 Å². The van der Waals surface area contributed by atoms with Crippen LogP contribution >= 0.6 is 0 Å². The number of phenolic OH excluding ortho intramolecular Hbond substituents is 1. The second-order valence-corrected chi connectivity index (χ2v) is 7.88. The molecule has 164 valence electrons. The number of carbonyl (C=O) groups is 3. The van der Waals surface area contributed by atoms with Crippen molar-refractivity contribution >= 4 is 17.9 Å². The van der Waals surface area contributed by atoms with Crippen LogP contribution in [0.4, 0.5) is 4.79 Å². The van der Waals surface area contributed by atoms with E-state index in [1.807, 2.05) is 0 Å². The minimum Gasteiger partial charge on any atom is -0.508 e. The lowest BCUT2D eigenvalue weighted by Gasteiger charge is -2.30. The van der Waals surface area contributed by atoms with Gasteiger partial charge in [-0.1, -0.05) is 18.6 Å². The molecule has 0 aliphatic rings. The number of rotatable bonds is 7. The molecule has 0 aromatic heterocycles. The summed E-state index contributed by atoms with van der Waals surface area (Å²) in [6, 6.07) is 4.86. The molecule has 0 saturated carbocycles. The molecular formula is C21H29N3O6. The molecule has 2 atom stereocenters. The van der Waals surface area contributed by atoms with Gasteiger partial charge in [-0.2, -0.15) is 0 Å². The first-order valence-corrected chi connectivity index (χ1v) is 9.38. The number of hydrogen-bond donors (Lipinski definition) is 4. The molecule has 0 bridgehead atoms. The van der Waals surface area contributed by atoms with Crippen LogP contribution in [-0.4, -0.2) is 57.3 Å². The van der Waals surface area contributed by atoms with Gasteiger partial charge >= 0.3 is 6.09 Å². The van der Waals surface area contributed by atoms with Crippen molar-refractivity contribution in [3.05, 3.63) is 29.8 Å². The van der Waals surface area contributed by atoms with Crippen LogP contribution in [0, 0.1) is 12.5 Å². The number of aliphatic hydroxyl groups excluding tert-OH is 1. The number of nitrogens with one attached hydrogen (secondary N) is 2. The zero-order valence-electron chi connectivity index (χ0n) is 17.8. The summed E-state index contributed by atoms with van der Waals surface area (Å²) >= 11 is 0. The molecule has 0 aliphatic carbocycles. The number of aromatic hydroxyl groups is 1. The van der Waals surface area contributed by atoms with Crippen LogP contribution in [0.3, 0.4) is 0 Å². The average molecular weight is 419 g/mol. The van der Waals surface area contributed by atoms with Crippen LogP contribution in [-0.2, 0) is 14.3 Å². The summed E-state index contributed by atoms with van der Waals surface area (Å²) in [7, 11) is 0. The normalized spacial score (nSPS) is 13.0. The summed E-state index contributed by atoms with van der Waals surface area (Å²) in [5.74, 6) is -1.46. The number of carbonyl (C=O) groups excluding carboxylic acids is 3. The molecule has 4 N–H and O–H groups in total. The highest BCUT2D eigenvalue weighted by molar-refractivity contribution is 5.93. The Morgan fingerprint density at radius 3 is 2.17 bits per heavy atom. The van der Waals surface area contributed by atoms with Crippen molar-refractivity contribution in [3.63, 3.8) is 0 Å². The Morgan fingerprint density at radius 1 is 1.17 bits per heavy atom. The molecule has 3 amide bonds. The van der Waals surface area contributed by atoms with Crippen LogP contribution in [0.1, 0.15) is 46.2 Å². The van der Waals surface area contributed by atoms with E-state index in [0.717, 1.165) is 4.90 Å². The van der Waals surface area contributed by atoms with E-state index in [-0.39, 0.29) is 11.8 Å². The molecule has 30 heavy (non-hydrogen) atoms. The fraction of sp³-hybridized carbons (Fsp3) is 0.476. The Balaban J connectivity index is 3.23. The quantitative estimate of drug-likeness (QED) is 0.389. The van der Waals surface area contributed by atoms with Crippen molar-refractivity contribution in [2.45, 2.75) is 58.3 Å². The third-order valence-corrected chi connectivity index (χ3v) is 3.69. The molecule has 9 nitrogen and oxygen atoms in total. The number of alkyl carbamates (subject to hydrolysis) is 1.